The first-order valence-corrected chi connectivity index (χ1v) is 7.92. The fourth-order valence-electron chi connectivity index (χ4n) is 0.924. The first-order valence-electron chi connectivity index (χ1n) is 4.42. The molecule has 1 aliphatic heterocycles. The Kier molecular flexibility index (Phi) is 2.99. The van der Waals surface area contributed by atoms with Crippen molar-refractivity contribution >= 4 is 8.07 Å². The van der Waals surface area contributed by atoms with Crippen molar-refractivity contribution in [3.8, 4) is 11.5 Å². The van der Waals surface area contributed by atoms with E-state index >= 15 is 0 Å². The minimum atomic E-state index is -1.20. The fourth-order valence-corrected chi connectivity index (χ4v) is 1.46. The van der Waals surface area contributed by atoms with Crippen LogP contribution in [-0.4, -0.2) is 14.7 Å². The number of ether oxygens (including phenoxy) is 1. The number of allylic oxidation sites excluding steroid dienone is 1. The van der Waals surface area contributed by atoms with Gasteiger partial charge in [0.2, 0.25) is 0 Å². The molecule has 0 spiro atoms. The largest absolute Gasteiger partial charge is 0.500 e. The van der Waals surface area contributed by atoms with Crippen LogP contribution < -0.4 is 0 Å². The molecule has 0 saturated heterocycles. The van der Waals surface area contributed by atoms with Gasteiger partial charge in [-0.05, 0) is 12.8 Å². The van der Waals surface area contributed by atoms with Crippen LogP contribution in [-0.2, 0) is 4.74 Å². The van der Waals surface area contributed by atoms with Crippen molar-refractivity contribution in [2.75, 3.05) is 6.61 Å². The summed E-state index contributed by atoms with van der Waals surface area (Å²) in [5, 5.41) is 0. The molecule has 66 valence electrons. The lowest BCUT2D eigenvalue weighted by molar-refractivity contribution is 0.227. The lowest BCUT2D eigenvalue weighted by Gasteiger charge is -2.09. The smallest absolute Gasteiger partial charge is 0.129 e. The predicted molar refractivity (Wildman–Crippen MR) is 54.4 cm³/mol. The van der Waals surface area contributed by atoms with Crippen LogP contribution in [0.1, 0.15) is 12.8 Å². The average molecular weight is 180 g/mol. The second-order valence-electron chi connectivity index (χ2n) is 4.12. The number of rotatable bonds is 0. The van der Waals surface area contributed by atoms with E-state index < -0.39 is 8.07 Å². The van der Waals surface area contributed by atoms with Crippen molar-refractivity contribution < 1.29 is 4.74 Å². The van der Waals surface area contributed by atoms with Gasteiger partial charge >= 0.3 is 0 Å². The molecule has 0 aromatic rings. The van der Waals surface area contributed by atoms with Gasteiger partial charge in [-0.3, -0.25) is 0 Å². The lowest BCUT2D eigenvalue weighted by Crippen LogP contribution is -2.16. The second-order valence-corrected chi connectivity index (χ2v) is 8.87. The van der Waals surface area contributed by atoms with Crippen molar-refractivity contribution in [2.45, 2.75) is 32.5 Å². The Morgan fingerprint density at radius 3 is 2.67 bits per heavy atom. The topological polar surface area (TPSA) is 9.23 Å². The molecule has 0 unspecified atom stereocenters. The molecule has 2 heteroatoms. The molecule has 1 heterocycles. The van der Waals surface area contributed by atoms with E-state index in [1.807, 2.05) is 6.26 Å². The van der Waals surface area contributed by atoms with Crippen LogP contribution in [0.5, 0.6) is 0 Å². The molecule has 0 fully saturated rings. The van der Waals surface area contributed by atoms with E-state index in [1.54, 1.807) is 0 Å². The number of hydrogen-bond donors (Lipinski definition) is 0. The Morgan fingerprint density at radius 2 is 2.17 bits per heavy atom. The summed E-state index contributed by atoms with van der Waals surface area (Å²) in [6, 6.07) is 0. The zero-order chi connectivity index (χ0) is 9.03. The quantitative estimate of drug-likeness (QED) is 0.411. The molecule has 1 aliphatic rings. The number of hydrogen-bond acceptors (Lipinski definition) is 1. The van der Waals surface area contributed by atoms with Gasteiger partial charge in [0.1, 0.15) is 8.07 Å². The van der Waals surface area contributed by atoms with Crippen molar-refractivity contribution in [1.29, 1.82) is 0 Å². The van der Waals surface area contributed by atoms with Gasteiger partial charge in [0.25, 0.3) is 0 Å². The third kappa shape index (κ3) is 3.63. The Hall–Kier alpha value is -0.683. The van der Waals surface area contributed by atoms with Crippen LogP contribution >= 0.6 is 0 Å². The molecular weight excluding hydrogens is 164 g/mol. The molecule has 1 rings (SSSR count). The molecule has 0 N–H and O–H groups in total. The molecule has 1 nitrogen and oxygen atoms in total. The summed E-state index contributed by atoms with van der Waals surface area (Å²) in [6.07, 6.45) is 4.03. The first kappa shape index (κ1) is 9.41. The zero-order valence-electron chi connectivity index (χ0n) is 8.11. The highest BCUT2D eigenvalue weighted by Gasteiger charge is 2.08. The van der Waals surface area contributed by atoms with Crippen LogP contribution in [0.4, 0.5) is 0 Å². The molecule has 0 aromatic heterocycles. The van der Waals surface area contributed by atoms with E-state index in [0.717, 1.165) is 19.4 Å². The van der Waals surface area contributed by atoms with Crippen molar-refractivity contribution in [1.82, 2.24) is 0 Å². The standard InChI is InChI=1S/C10H16OSi/c1-12(2,3)8-6-10-5-4-7-11-9-10/h9H,4-5,7H2,1-3H3. The van der Waals surface area contributed by atoms with Gasteiger partial charge in [0.05, 0.1) is 12.9 Å². The van der Waals surface area contributed by atoms with Crippen LogP contribution in [0, 0.1) is 11.5 Å². The predicted octanol–water partition coefficient (Wildman–Crippen LogP) is 2.56. The van der Waals surface area contributed by atoms with Gasteiger partial charge in [0, 0.05) is 5.57 Å². The lowest BCUT2D eigenvalue weighted by atomic mass is 10.1. The molecule has 0 bridgehead atoms. The van der Waals surface area contributed by atoms with E-state index in [1.165, 1.54) is 5.57 Å². The fraction of sp³-hybridized carbons (Fsp3) is 0.600. The highest BCUT2D eigenvalue weighted by atomic mass is 28.3. The third-order valence-electron chi connectivity index (χ3n) is 1.53. The summed E-state index contributed by atoms with van der Waals surface area (Å²) in [7, 11) is -1.20. The van der Waals surface area contributed by atoms with Gasteiger partial charge in [-0.25, -0.2) is 0 Å². The summed E-state index contributed by atoms with van der Waals surface area (Å²) in [6.45, 7) is 7.62. The van der Waals surface area contributed by atoms with E-state index in [9.17, 15) is 0 Å². The summed E-state index contributed by atoms with van der Waals surface area (Å²) < 4.78 is 5.20. The minimum absolute atomic E-state index is 0.859. The monoisotopic (exact) mass is 180 g/mol. The summed E-state index contributed by atoms with van der Waals surface area (Å²) >= 11 is 0. The van der Waals surface area contributed by atoms with Gasteiger partial charge in [-0.15, -0.1) is 5.54 Å². The van der Waals surface area contributed by atoms with Crippen LogP contribution in [0.3, 0.4) is 0 Å². The molecule has 0 radical (unpaired) electrons. The third-order valence-corrected chi connectivity index (χ3v) is 2.41. The zero-order valence-corrected chi connectivity index (χ0v) is 9.11. The normalized spacial score (nSPS) is 17.1. The SMILES string of the molecule is C[Si](C)(C)C#CC1=COCCC1. The van der Waals surface area contributed by atoms with E-state index in [2.05, 4.69) is 31.1 Å². The maximum absolute atomic E-state index is 5.20. The minimum Gasteiger partial charge on any atom is -0.500 e. The maximum Gasteiger partial charge on any atom is 0.129 e. The van der Waals surface area contributed by atoms with Gasteiger partial charge in [-0.1, -0.05) is 25.6 Å². The van der Waals surface area contributed by atoms with Gasteiger partial charge in [-0.2, -0.15) is 0 Å². The molecular formula is C10H16OSi. The van der Waals surface area contributed by atoms with E-state index in [4.69, 9.17) is 4.74 Å². The Labute approximate surface area is 75.8 Å². The highest BCUT2D eigenvalue weighted by molar-refractivity contribution is 6.83. The summed E-state index contributed by atoms with van der Waals surface area (Å²) in [5.41, 5.74) is 4.50. The molecule has 0 saturated carbocycles. The maximum atomic E-state index is 5.20. The first-order chi connectivity index (χ1) is 5.58. The highest BCUT2D eigenvalue weighted by Crippen LogP contribution is 2.10. The molecule has 0 atom stereocenters. The molecule has 12 heavy (non-hydrogen) atoms. The van der Waals surface area contributed by atoms with E-state index in [-0.39, 0.29) is 0 Å². The summed E-state index contributed by atoms with van der Waals surface area (Å²) in [5.74, 6) is 3.21. The van der Waals surface area contributed by atoms with Crippen molar-refractivity contribution in [3.05, 3.63) is 11.8 Å². The van der Waals surface area contributed by atoms with Crippen molar-refractivity contribution in [2.24, 2.45) is 0 Å². The van der Waals surface area contributed by atoms with Gasteiger partial charge in [0.15, 0.2) is 0 Å². The molecule has 0 aromatic carbocycles. The molecule has 0 aliphatic carbocycles. The molecule has 0 amide bonds. The van der Waals surface area contributed by atoms with Crippen molar-refractivity contribution in [3.63, 3.8) is 0 Å². The van der Waals surface area contributed by atoms with Crippen LogP contribution in [0.25, 0.3) is 0 Å². The van der Waals surface area contributed by atoms with E-state index in [0.29, 0.717) is 0 Å². The van der Waals surface area contributed by atoms with Gasteiger partial charge < -0.3 is 4.74 Å². The average Bonchev–Trinajstić information content (AvgIpc) is 2.02. The van der Waals surface area contributed by atoms with Crippen LogP contribution in [0.2, 0.25) is 19.6 Å². The Bertz CT molecular complexity index is 237. The second kappa shape index (κ2) is 3.82. The Morgan fingerprint density at radius 1 is 1.42 bits per heavy atom. The summed E-state index contributed by atoms with van der Waals surface area (Å²) in [4.78, 5) is 0. The Balaban J connectivity index is 2.58. The van der Waals surface area contributed by atoms with Crippen LogP contribution in [0.15, 0.2) is 11.8 Å².